The molecular formula is C17H13BrN6O. The van der Waals surface area contributed by atoms with Gasteiger partial charge < -0.3 is 9.64 Å². The maximum absolute atomic E-state index is 5.81. The summed E-state index contributed by atoms with van der Waals surface area (Å²) < 4.78 is 8.44. The molecule has 4 aromatic rings. The molecule has 1 aliphatic rings. The molecule has 0 atom stereocenters. The number of rotatable bonds is 1. The Morgan fingerprint density at radius 1 is 1.16 bits per heavy atom. The lowest BCUT2D eigenvalue weighted by molar-refractivity contribution is 0.312. The molecule has 0 amide bonds. The summed E-state index contributed by atoms with van der Waals surface area (Å²) in [6.45, 7) is 1.44. The summed E-state index contributed by atoms with van der Waals surface area (Å²) in [6.07, 6.45) is 1.78. The molecule has 0 saturated heterocycles. The fourth-order valence-corrected chi connectivity index (χ4v) is 3.50. The van der Waals surface area contributed by atoms with Crippen LogP contribution >= 0.6 is 15.9 Å². The summed E-state index contributed by atoms with van der Waals surface area (Å²) in [4.78, 5) is 6.84. The van der Waals surface area contributed by atoms with Crippen LogP contribution in [0.25, 0.3) is 28.1 Å². The molecule has 5 rings (SSSR count). The molecule has 124 valence electrons. The Hall–Kier alpha value is -2.74. The second-order valence-electron chi connectivity index (χ2n) is 5.90. The SMILES string of the molecule is CN1CCOc2c1cnn1c(-c3ccc4cccc(Br)c4n3)nnc21. The lowest BCUT2D eigenvalue weighted by Gasteiger charge is -2.26. The van der Waals surface area contributed by atoms with E-state index < -0.39 is 0 Å². The first kappa shape index (κ1) is 14.6. The van der Waals surface area contributed by atoms with Crippen molar-refractivity contribution in [1.82, 2.24) is 24.8 Å². The van der Waals surface area contributed by atoms with Crippen LogP contribution in [0.4, 0.5) is 5.69 Å². The Morgan fingerprint density at radius 2 is 2.08 bits per heavy atom. The van der Waals surface area contributed by atoms with Crippen LogP contribution in [-0.2, 0) is 0 Å². The number of aromatic nitrogens is 5. The van der Waals surface area contributed by atoms with Crippen LogP contribution in [0, 0.1) is 0 Å². The van der Waals surface area contributed by atoms with Crippen molar-refractivity contribution in [2.24, 2.45) is 0 Å². The zero-order valence-corrected chi connectivity index (χ0v) is 14.9. The lowest BCUT2D eigenvalue weighted by atomic mass is 10.2. The quantitative estimate of drug-likeness (QED) is 0.492. The van der Waals surface area contributed by atoms with Gasteiger partial charge in [0.2, 0.25) is 11.5 Å². The molecule has 25 heavy (non-hydrogen) atoms. The third-order valence-corrected chi connectivity index (χ3v) is 5.00. The van der Waals surface area contributed by atoms with E-state index in [1.165, 1.54) is 0 Å². The molecule has 1 aliphatic heterocycles. The Labute approximate surface area is 151 Å². The highest BCUT2D eigenvalue weighted by Gasteiger charge is 2.23. The average molecular weight is 397 g/mol. The topological polar surface area (TPSA) is 68.4 Å². The summed E-state index contributed by atoms with van der Waals surface area (Å²) in [6, 6.07) is 9.93. The minimum atomic E-state index is 0.590. The molecule has 3 aromatic heterocycles. The van der Waals surface area contributed by atoms with Gasteiger partial charge in [-0.05, 0) is 28.1 Å². The summed E-state index contributed by atoms with van der Waals surface area (Å²) in [5, 5.41) is 14.2. The first-order chi connectivity index (χ1) is 12.2. The summed E-state index contributed by atoms with van der Waals surface area (Å²) in [7, 11) is 2.01. The monoisotopic (exact) mass is 396 g/mol. The van der Waals surface area contributed by atoms with Crippen LogP contribution in [-0.4, -0.2) is 45.0 Å². The third kappa shape index (κ3) is 2.17. The summed E-state index contributed by atoms with van der Waals surface area (Å²) in [5.74, 6) is 1.30. The molecule has 0 saturated carbocycles. The minimum Gasteiger partial charge on any atom is -0.486 e. The largest absolute Gasteiger partial charge is 0.486 e. The van der Waals surface area contributed by atoms with E-state index in [2.05, 4.69) is 36.1 Å². The van der Waals surface area contributed by atoms with Crippen molar-refractivity contribution in [2.45, 2.75) is 0 Å². The number of fused-ring (bicyclic) bond motifs is 4. The molecule has 0 bridgehead atoms. The van der Waals surface area contributed by atoms with Crippen LogP contribution in [0.3, 0.4) is 0 Å². The Morgan fingerprint density at radius 3 is 3.00 bits per heavy atom. The Bertz CT molecular complexity index is 1120. The van der Waals surface area contributed by atoms with Gasteiger partial charge in [-0.25, -0.2) is 4.98 Å². The van der Waals surface area contributed by atoms with Crippen molar-refractivity contribution >= 4 is 38.2 Å². The predicted molar refractivity (Wildman–Crippen MR) is 98.0 cm³/mol. The Kier molecular flexibility index (Phi) is 3.14. The molecule has 4 heterocycles. The first-order valence-corrected chi connectivity index (χ1v) is 8.66. The number of likely N-dealkylation sites (N-methyl/N-ethyl adjacent to an activating group) is 1. The van der Waals surface area contributed by atoms with E-state index in [1.807, 2.05) is 37.4 Å². The number of pyridine rings is 1. The zero-order valence-electron chi connectivity index (χ0n) is 13.3. The molecule has 1 aromatic carbocycles. The maximum atomic E-state index is 5.81. The molecule has 7 nitrogen and oxygen atoms in total. The number of anilines is 1. The number of hydrogen-bond donors (Lipinski definition) is 0. The zero-order chi connectivity index (χ0) is 17.0. The summed E-state index contributed by atoms with van der Waals surface area (Å²) >= 11 is 3.55. The molecule has 0 N–H and O–H groups in total. The van der Waals surface area contributed by atoms with Crippen LogP contribution in [0.1, 0.15) is 0 Å². The van der Waals surface area contributed by atoms with E-state index in [0.29, 0.717) is 29.5 Å². The van der Waals surface area contributed by atoms with Gasteiger partial charge in [-0.15, -0.1) is 10.2 Å². The number of halogens is 1. The molecule has 0 aliphatic carbocycles. The van der Waals surface area contributed by atoms with Gasteiger partial charge in [-0.1, -0.05) is 18.2 Å². The normalized spacial score (nSPS) is 13.9. The highest BCUT2D eigenvalue weighted by Crippen LogP contribution is 2.34. The standard InChI is InChI=1S/C17H13BrN6O/c1-23-7-8-25-15-13(23)9-19-24-16(21-22-17(15)24)12-6-5-10-3-2-4-11(18)14(10)20-12/h2-6,9H,7-8H2,1H3. The van der Waals surface area contributed by atoms with E-state index in [4.69, 9.17) is 9.72 Å². The van der Waals surface area contributed by atoms with Crippen LogP contribution in [0.15, 0.2) is 41.0 Å². The molecule has 0 radical (unpaired) electrons. The molecule has 0 fully saturated rings. The number of nitrogens with zero attached hydrogens (tertiary/aromatic N) is 6. The average Bonchev–Trinajstić information content (AvgIpc) is 3.07. The van der Waals surface area contributed by atoms with Crippen molar-refractivity contribution in [1.29, 1.82) is 0 Å². The molecule has 0 spiro atoms. The van der Waals surface area contributed by atoms with Gasteiger partial charge in [0.15, 0.2) is 5.75 Å². The highest BCUT2D eigenvalue weighted by molar-refractivity contribution is 9.10. The van der Waals surface area contributed by atoms with Crippen molar-refractivity contribution in [3.8, 4) is 17.3 Å². The summed E-state index contributed by atoms with van der Waals surface area (Å²) in [5.41, 5.74) is 3.12. The van der Waals surface area contributed by atoms with E-state index in [9.17, 15) is 0 Å². The smallest absolute Gasteiger partial charge is 0.222 e. The predicted octanol–water partition coefficient (Wildman–Crippen LogP) is 2.93. The number of hydrogen-bond acceptors (Lipinski definition) is 6. The molecule has 8 heteroatoms. The van der Waals surface area contributed by atoms with E-state index >= 15 is 0 Å². The second-order valence-corrected chi connectivity index (χ2v) is 6.75. The fourth-order valence-electron chi connectivity index (χ4n) is 3.03. The van der Waals surface area contributed by atoms with Gasteiger partial charge in [0, 0.05) is 16.9 Å². The van der Waals surface area contributed by atoms with Gasteiger partial charge in [-0.2, -0.15) is 9.61 Å². The van der Waals surface area contributed by atoms with Crippen LogP contribution in [0.5, 0.6) is 5.75 Å². The number of benzene rings is 1. The van der Waals surface area contributed by atoms with Crippen LogP contribution in [0.2, 0.25) is 0 Å². The van der Waals surface area contributed by atoms with E-state index in [-0.39, 0.29) is 0 Å². The van der Waals surface area contributed by atoms with Crippen LogP contribution < -0.4 is 9.64 Å². The van der Waals surface area contributed by atoms with Gasteiger partial charge in [0.05, 0.1) is 18.3 Å². The third-order valence-electron chi connectivity index (χ3n) is 4.36. The van der Waals surface area contributed by atoms with Gasteiger partial charge in [0.25, 0.3) is 0 Å². The fraction of sp³-hybridized carbons (Fsp3) is 0.176. The van der Waals surface area contributed by atoms with Crippen molar-refractivity contribution < 1.29 is 4.74 Å². The lowest BCUT2D eigenvalue weighted by Crippen LogP contribution is -2.29. The van der Waals surface area contributed by atoms with E-state index in [0.717, 1.165) is 27.6 Å². The van der Waals surface area contributed by atoms with E-state index in [1.54, 1.807) is 10.7 Å². The highest BCUT2D eigenvalue weighted by atomic mass is 79.9. The van der Waals surface area contributed by atoms with Crippen molar-refractivity contribution in [3.05, 3.63) is 41.0 Å². The second kappa shape index (κ2) is 5.38. The minimum absolute atomic E-state index is 0.590. The van der Waals surface area contributed by atoms with Gasteiger partial charge >= 0.3 is 0 Å². The number of para-hydroxylation sites is 1. The molecule has 0 unspecified atom stereocenters. The number of ether oxygens (including phenoxy) is 1. The van der Waals surface area contributed by atoms with Gasteiger partial charge in [-0.3, -0.25) is 0 Å². The van der Waals surface area contributed by atoms with Gasteiger partial charge in [0.1, 0.15) is 18.0 Å². The Balaban J connectivity index is 1.73. The van der Waals surface area contributed by atoms with Crippen molar-refractivity contribution in [2.75, 3.05) is 25.1 Å². The molecular weight excluding hydrogens is 384 g/mol. The van der Waals surface area contributed by atoms with Crippen molar-refractivity contribution in [3.63, 3.8) is 0 Å². The maximum Gasteiger partial charge on any atom is 0.222 e. The first-order valence-electron chi connectivity index (χ1n) is 7.86.